The van der Waals surface area contributed by atoms with E-state index in [0.717, 1.165) is 61.0 Å². The van der Waals surface area contributed by atoms with Gasteiger partial charge in [0.1, 0.15) is 36.6 Å². The highest BCUT2D eigenvalue weighted by Crippen LogP contribution is 2.42. The van der Waals surface area contributed by atoms with Gasteiger partial charge in [-0.3, -0.25) is 9.69 Å². The van der Waals surface area contributed by atoms with Gasteiger partial charge in [0.15, 0.2) is 0 Å². The van der Waals surface area contributed by atoms with E-state index >= 15 is 0 Å². The van der Waals surface area contributed by atoms with Crippen LogP contribution in [0.5, 0.6) is 11.5 Å². The Morgan fingerprint density at radius 1 is 1.10 bits per heavy atom. The predicted octanol–water partition coefficient (Wildman–Crippen LogP) is 9.02. The second-order valence-electron chi connectivity index (χ2n) is 12.0. The Morgan fingerprint density at radius 3 is 2.39 bits per heavy atom. The van der Waals surface area contributed by atoms with Crippen molar-refractivity contribution in [3.8, 4) is 22.6 Å². The number of anilines is 1. The SMILES string of the molecule is C=C(N)c1c(C)cc(NCC(F)(F)F)cc1F.CCCc1cccc2c(-c3c(OC)cccc3OCCN3CCCC(F)C3)cccc12.O=CO. The fourth-order valence-electron chi connectivity index (χ4n) is 6.09. The molecule has 1 saturated heterocycles. The zero-order chi connectivity index (χ0) is 37.6. The van der Waals surface area contributed by atoms with Gasteiger partial charge in [0, 0.05) is 30.0 Å². The van der Waals surface area contributed by atoms with E-state index in [-0.39, 0.29) is 23.4 Å². The van der Waals surface area contributed by atoms with Crippen LogP contribution >= 0.6 is 0 Å². The van der Waals surface area contributed by atoms with Gasteiger partial charge in [0.25, 0.3) is 6.47 Å². The molecule has 12 heteroatoms. The number of benzene rings is 4. The van der Waals surface area contributed by atoms with E-state index in [4.69, 9.17) is 25.1 Å². The topological polar surface area (TPSA) is 97.1 Å². The summed E-state index contributed by atoms with van der Waals surface area (Å²) in [5, 5.41) is 11.5. The zero-order valence-electron chi connectivity index (χ0n) is 29.2. The second kappa shape index (κ2) is 19.5. The lowest BCUT2D eigenvalue weighted by atomic mass is 9.93. The molecule has 0 aliphatic carbocycles. The lowest BCUT2D eigenvalue weighted by Gasteiger charge is -2.28. The molecule has 1 fully saturated rings. The molecule has 0 amide bonds. The second-order valence-corrected chi connectivity index (χ2v) is 12.0. The van der Waals surface area contributed by atoms with E-state index in [1.54, 1.807) is 14.0 Å². The standard InChI is InChI=1S/C27H32FNO2.C11H12F4N2.CH2O2/c1-3-8-20-9-4-12-23-22(20)11-5-13-24(23)27-25(30-2)14-6-15-26(27)31-18-17-29-16-7-10-21(28)19-29;1-6-3-8(17-5-11(13,14)15)4-9(12)10(6)7(2)16;2-1-3/h4-6,9,11-15,21H,3,7-8,10,16-19H2,1-2H3;3-4,17H,2,5,16H2,1H3;1H,(H,2,3). The lowest BCUT2D eigenvalue weighted by Crippen LogP contribution is -2.38. The highest BCUT2D eigenvalue weighted by molar-refractivity contribution is 6.01. The summed E-state index contributed by atoms with van der Waals surface area (Å²) in [6.07, 6.45) is -1.29. The largest absolute Gasteiger partial charge is 0.496 e. The van der Waals surface area contributed by atoms with Crippen LogP contribution in [0.1, 0.15) is 42.9 Å². The van der Waals surface area contributed by atoms with Crippen molar-refractivity contribution in [2.24, 2.45) is 5.73 Å². The van der Waals surface area contributed by atoms with E-state index in [1.807, 2.05) is 18.2 Å². The molecular weight excluding hydrogens is 669 g/mol. The van der Waals surface area contributed by atoms with Gasteiger partial charge in [-0.05, 0) is 84.5 Å². The van der Waals surface area contributed by atoms with Crippen LogP contribution in [0, 0.1) is 12.7 Å². The van der Waals surface area contributed by atoms with Crippen molar-refractivity contribution in [2.45, 2.75) is 51.9 Å². The number of rotatable bonds is 11. The van der Waals surface area contributed by atoms with E-state index in [0.29, 0.717) is 25.1 Å². The molecular formula is C39H46F5N3O4. The predicted molar refractivity (Wildman–Crippen MR) is 194 cm³/mol. The number of alkyl halides is 4. The first-order valence-electron chi connectivity index (χ1n) is 16.6. The number of carboxylic acid groups (broad SMARTS) is 1. The van der Waals surface area contributed by atoms with Gasteiger partial charge in [0.05, 0.1) is 12.7 Å². The monoisotopic (exact) mass is 715 g/mol. The summed E-state index contributed by atoms with van der Waals surface area (Å²) in [7, 11) is 1.70. The van der Waals surface area contributed by atoms with Crippen LogP contribution < -0.4 is 20.5 Å². The number of hydrogen-bond acceptors (Lipinski definition) is 6. The molecule has 0 saturated carbocycles. The molecule has 0 bridgehead atoms. The molecule has 0 radical (unpaired) electrons. The highest BCUT2D eigenvalue weighted by Gasteiger charge is 2.27. The Morgan fingerprint density at radius 2 is 1.76 bits per heavy atom. The third kappa shape index (κ3) is 11.9. The van der Waals surface area contributed by atoms with Gasteiger partial charge in [0.2, 0.25) is 0 Å². The number of methoxy groups -OCH3 is 1. The van der Waals surface area contributed by atoms with Crippen molar-refractivity contribution in [3.63, 3.8) is 0 Å². The number of ether oxygens (including phenoxy) is 2. The van der Waals surface area contributed by atoms with E-state index in [9.17, 15) is 22.0 Å². The van der Waals surface area contributed by atoms with Crippen molar-refractivity contribution in [1.82, 2.24) is 4.90 Å². The highest BCUT2D eigenvalue weighted by atomic mass is 19.4. The van der Waals surface area contributed by atoms with Gasteiger partial charge in [-0.15, -0.1) is 0 Å². The van der Waals surface area contributed by atoms with E-state index in [1.165, 1.54) is 22.4 Å². The van der Waals surface area contributed by atoms with Crippen molar-refractivity contribution >= 4 is 28.6 Å². The summed E-state index contributed by atoms with van der Waals surface area (Å²) in [6.45, 7) is 8.41. The summed E-state index contributed by atoms with van der Waals surface area (Å²) >= 11 is 0. The minimum absolute atomic E-state index is 0.0439. The van der Waals surface area contributed by atoms with Crippen LogP contribution in [-0.2, 0) is 11.2 Å². The van der Waals surface area contributed by atoms with Gasteiger partial charge < -0.3 is 25.6 Å². The quantitative estimate of drug-likeness (QED) is 0.105. The summed E-state index contributed by atoms with van der Waals surface area (Å²) < 4.78 is 75.1. The van der Waals surface area contributed by atoms with Gasteiger partial charge >= 0.3 is 6.18 Å². The minimum atomic E-state index is -4.35. The Hall–Kier alpha value is -4.84. The zero-order valence-corrected chi connectivity index (χ0v) is 29.2. The molecule has 1 aliphatic rings. The first kappa shape index (κ1) is 40.6. The Labute approximate surface area is 295 Å². The third-order valence-corrected chi connectivity index (χ3v) is 8.22. The molecule has 0 spiro atoms. The molecule has 4 N–H and O–H groups in total. The molecule has 276 valence electrons. The normalized spacial score (nSPS) is 14.4. The summed E-state index contributed by atoms with van der Waals surface area (Å²) in [5.41, 5.74) is 9.49. The van der Waals surface area contributed by atoms with Gasteiger partial charge in [-0.2, -0.15) is 13.2 Å². The van der Waals surface area contributed by atoms with Crippen LogP contribution in [0.4, 0.5) is 27.6 Å². The summed E-state index contributed by atoms with van der Waals surface area (Å²) in [4.78, 5) is 10.5. The molecule has 1 heterocycles. The minimum Gasteiger partial charge on any atom is -0.496 e. The third-order valence-electron chi connectivity index (χ3n) is 8.22. The Kier molecular flexibility index (Phi) is 15.5. The number of carbonyl (C=O) groups is 1. The smallest absolute Gasteiger partial charge is 0.405 e. The Bertz CT molecular complexity index is 1730. The number of likely N-dealkylation sites (tertiary alicyclic amines) is 1. The Balaban J connectivity index is 0.000000297. The first-order valence-corrected chi connectivity index (χ1v) is 16.6. The number of nitrogens with zero attached hydrogens (tertiary/aromatic N) is 1. The number of aryl methyl sites for hydroxylation is 2. The number of nitrogens with one attached hydrogen (secondary N) is 1. The molecule has 1 atom stereocenters. The molecule has 0 aromatic heterocycles. The molecule has 5 rings (SSSR count). The number of fused-ring (bicyclic) bond motifs is 1. The van der Waals surface area contributed by atoms with Crippen molar-refractivity contribution in [2.75, 3.05) is 45.2 Å². The van der Waals surface area contributed by atoms with E-state index < -0.39 is 24.7 Å². The van der Waals surface area contributed by atoms with Crippen LogP contribution in [0.15, 0.2) is 73.3 Å². The fourth-order valence-corrected chi connectivity index (χ4v) is 6.09. The van der Waals surface area contributed by atoms with Crippen LogP contribution in [0.25, 0.3) is 27.6 Å². The maximum Gasteiger partial charge on any atom is 0.405 e. The van der Waals surface area contributed by atoms with Crippen molar-refractivity contribution in [3.05, 3.63) is 95.8 Å². The lowest BCUT2D eigenvalue weighted by molar-refractivity contribution is -0.123. The maximum atomic E-state index is 13.7. The maximum absolute atomic E-state index is 13.7. The number of piperidine rings is 1. The first-order chi connectivity index (χ1) is 24.3. The average molecular weight is 716 g/mol. The molecule has 1 unspecified atom stereocenters. The van der Waals surface area contributed by atoms with Gasteiger partial charge in [-0.25, -0.2) is 8.78 Å². The van der Waals surface area contributed by atoms with Gasteiger partial charge in [-0.1, -0.05) is 62.4 Å². The summed E-state index contributed by atoms with van der Waals surface area (Å²) in [5.74, 6) is 0.913. The number of nitrogens with two attached hydrogens (primary N) is 1. The van der Waals surface area contributed by atoms with Crippen LogP contribution in [0.2, 0.25) is 0 Å². The molecule has 4 aromatic rings. The van der Waals surface area contributed by atoms with E-state index in [2.05, 4.69) is 60.1 Å². The number of halogens is 5. The van der Waals surface area contributed by atoms with Crippen molar-refractivity contribution in [1.29, 1.82) is 0 Å². The molecule has 1 aliphatic heterocycles. The number of hydrogen-bond donors (Lipinski definition) is 3. The molecule has 51 heavy (non-hydrogen) atoms. The summed E-state index contributed by atoms with van der Waals surface area (Å²) in [6, 6.07) is 21.3. The average Bonchev–Trinajstić information content (AvgIpc) is 3.07. The van der Waals surface area contributed by atoms with Crippen LogP contribution in [0.3, 0.4) is 0 Å². The molecule has 7 nitrogen and oxygen atoms in total. The fraction of sp³-hybridized carbons (Fsp3) is 0.359. The molecule has 4 aromatic carbocycles. The van der Waals surface area contributed by atoms with Crippen molar-refractivity contribution < 1.29 is 41.3 Å². The van der Waals surface area contributed by atoms with Crippen LogP contribution in [-0.4, -0.2) is 68.7 Å².